The van der Waals surface area contributed by atoms with Crippen molar-refractivity contribution in [2.75, 3.05) is 0 Å². The zero-order valence-corrected chi connectivity index (χ0v) is 9.58. The Hall–Kier alpha value is -0.590. The van der Waals surface area contributed by atoms with Gasteiger partial charge in [-0.2, -0.15) is 5.10 Å². The maximum atomic E-state index is 5.26. The van der Waals surface area contributed by atoms with Gasteiger partial charge in [-0.15, -0.1) is 11.3 Å². The standard InChI is InChI=1S/C7H11BrN4S/c1-2-4-3-5(8)6(13-4)7(11-9)12-10/h3H,2,9-10H2,1H3,(H,11,12). The van der Waals surface area contributed by atoms with Crippen molar-refractivity contribution in [1.82, 2.24) is 5.43 Å². The smallest absolute Gasteiger partial charge is 0.178 e. The Bertz CT molecular complexity index is 320. The number of halogens is 1. The molecule has 0 fully saturated rings. The first-order chi connectivity index (χ1) is 6.22. The number of nitrogens with two attached hydrogens (primary N) is 2. The van der Waals surface area contributed by atoms with Crippen molar-refractivity contribution in [3.63, 3.8) is 0 Å². The van der Waals surface area contributed by atoms with Gasteiger partial charge in [0.25, 0.3) is 0 Å². The van der Waals surface area contributed by atoms with E-state index in [1.165, 1.54) is 4.88 Å². The van der Waals surface area contributed by atoms with Crippen molar-refractivity contribution in [2.45, 2.75) is 13.3 Å². The van der Waals surface area contributed by atoms with Gasteiger partial charge in [0, 0.05) is 9.35 Å². The maximum absolute atomic E-state index is 5.26. The van der Waals surface area contributed by atoms with Gasteiger partial charge in [-0.1, -0.05) is 6.92 Å². The highest BCUT2D eigenvalue weighted by atomic mass is 79.9. The molecule has 1 rings (SSSR count). The molecule has 1 aromatic rings. The number of thiophene rings is 1. The molecule has 5 N–H and O–H groups in total. The lowest BCUT2D eigenvalue weighted by Crippen LogP contribution is -2.31. The zero-order valence-electron chi connectivity index (χ0n) is 7.17. The summed E-state index contributed by atoms with van der Waals surface area (Å²) < 4.78 is 0.969. The van der Waals surface area contributed by atoms with E-state index in [0.717, 1.165) is 15.8 Å². The molecule has 4 nitrogen and oxygen atoms in total. The van der Waals surface area contributed by atoms with Crippen LogP contribution in [0.15, 0.2) is 15.6 Å². The molecule has 0 saturated carbocycles. The van der Waals surface area contributed by atoms with Gasteiger partial charge in [-0.3, -0.25) is 0 Å². The summed E-state index contributed by atoms with van der Waals surface area (Å²) >= 11 is 5.04. The van der Waals surface area contributed by atoms with Gasteiger partial charge in [0.15, 0.2) is 5.84 Å². The molecular weight excluding hydrogens is 252 g/mol. The SMILES string of the molecule is CCc1cc(Br)c(/C(=N/N)NN)s1. The molecule has 0 amide bonds. The van der Waals surface area contributed by atoms with Crippen molar-refractivity contribution in [1.29, 1.82) is 0 Å². The number of hydrogen-bond donors (Lipinski definition) is 3. The predicted molar refractivity (Wildman–Crippen MR) is 59.4 cm³/mol. The van der Waals surface area contributed by atoms with Crippen molar-refractivity contribution in [3.8, 4) is 0 Å². The van der Waals surface area contributed by atoms with Gasteiger partial charge in [0.2, 0.25) is 0 Å². The summed E-state index contributed by atoms with van der Waals surface area (Å²) in [5.41, 5.74) is 2.45. The van der Waals surface area contributed by atoms with Gasteiger partial charge in [0.1, 0.15) is 0 Å². The molecule has 0 atom stereocenters. The monoisotopic (exact) mass is 262 g/mol. The zero-order chi connectivity index (χ0) is 9.84. The van der Waals surface area contributed by atoms with E-state index < -0.39 is 0 Å². The predicted octanol–water partition coefficient (Wildman–Crippen LogP) is 1.16. The van der Waals surface area contributed by atoms with E-state index >= 15 is 0 Å². The van der Waals surface area contributed by atoms with Crippen LogP contribution in [0.25, 0.3) is 0 Å². The van der Waals surface area contributed by atoms with E-state index in [4.69, 9.17) is 11.7 Å². The lowest BCUT2D eigenvalue weighted by atomic mass is 10.3. The van der Waals surface area contributed by atoms with Crippen molar-refractivity contribution in [2.24, 2.45) is 16.8 Å². The van der Waals surface area contributed by atoms with Crippen LogP contribution in [0.3, 0.4) is 0 Å². The Labute approximate surface area is 89.1 Å². The molecule has 0 saturated heterocycles. The van der Waals surface area contributed by atoms with E-state index in [2.05, 4.69) is 33.4 Å². The van der Waals surface area contributed by atoms with E-state index in [1.54, 1.807) is 11.3 Å². The van der Waals surface area contributed by atoms with Gasteiger partial charge in [-0.25, -0.2) is 5.84 Å². The van der Waals surface area contributed by atoms with Crippen LogP contribution < -0.4 is 17.1 Å². The Morgan fingerprint density at radius 1 is 1.77 bits per heavy atom. The van der Waals surface area contributed by atoms with Crippen LogP contribution in [0, 0.1) is 0 Å². The summed E-state index contributed by atoms with van der Waals surface area (Å²) in [5, 5.41) is 3.55. The molecule has 0 spiro atoms. The van der Waals surface area contributed by atoms with E-state index in [9.17, 15) is 0 Å². The van der Waals surface area contributed by atoms with Crippen LogP contribution in [0.5, 0.6) is 0 Å². The fourth-order valence-electron chi connectivity index (χ4n) is 0.913. The minimum atomic E-state index is 0.497. The van der Waals surface area contributed by atoms with Gasteiger partial charge < -0.3 is 11.3 Å². The fraction of sp³-hybridized carbons (Fsp3) is 0.286. The van der Waals surface area contributed by atoms with E-state index in [1.807, 2.05) is 6.07 Å². The molecule has 0 unspecified atom stereocenters. The first-order valence-electron chi connectivity index (χ1n) is 3.76. The van der Waals surface area contributed by atoms with Crippen LogP contribution in [0.4, 0.5) is 0 Å². The summed E-state index contributed by atoms with van der Waals surface area (Å²) in [6.07, 6.45) is 0.992. The highest BCUT2D eigenvalue weighted by molar-refractivity contribution is 9.10. The Morgan fingerprint density at radius 2 is 2.46 bits per heavy atom. The van der Waals surface area contributed by atoms with Crippen LogP contribution in [0.2, 0.25) is 0 Å². The molecule has 1 heterocycles. The molecular formula is C7H11BrN4S. The van der Waals surface area contributed by atoms with Gasteiger partial charge >= 0.3 is 0 Å². The second-order valence-corrected chi connectivity index (χ2v) is 4.36. The second kappa shape index (κ2) is 4.59. The van der Waals surface area contributed by atoms with Crippen molar-refractivity contribution < 1.29 is 0 Å². The Morgan fingerprint density at radius 3 is 2.85 bits per heavy atom. The molecule has 0 aliphatic heterocycles. The third kappa shape index (κ3) is 2.20. The van der Waals surface area contributed by atoms with Crippen LogP contribution in [0.1, 0.15) is 16.7 Å². The number of hydrazine groups is 1. The summed E-state index contributed by atoms with van der Waals surface area (Å²) in [6.45, 7) is 2.09. The maximum Gasteiger partial charge on any atom is 0.178 e. The van der Waals surface area contributed by atoms with Crippen molar-refractivity contribution in [3.05, 3.63) is 20.3 Å². The van der Waals surface area contributed by atoms with Crippen LogP contribution in [-0.4, -0.2) is 5.84 Å². The van der Waals surface area contributed by atoms with Gasteiger partial charge in [0.05, 0.1) is 4.88 Å². The third-order valence-electron chi connectivity index (χ3n) is 1.57. The average molecular weight is 263 g/mol. The molecule has 13 heavy (non-hydrogen) atoms. The number of nitrogens with zero attached hydrogens (tertiary/aromatic N) is 1. The second-order valence-electron chi connectivity index (χ2n) is 2.37. The fourth-order valence-corrected chi connectivity index (χ4v) is 2.72. The quantitative estimate of drug-likeness (QED) is 0.324. The summed E-state index contributed by atoms with van der Waals surface area (Å²) in [5.74, 6) is 10.9. The summed E-state index contributed by atoms with van der Waals surface area (Å²) in [7, 11) is 0. The first-order valence-corrected chi connectivity index (χ1v) is 5.37. The lowest BCUT2D eigenvalue weighted by Gasteiger charge is -2.00. The van der Waals surface area contributed by atoms with E-state index in [0.29, 0.717) is 5.84 Å². The number of hydrogen-bond acceptors (Lipinski definition) is 4. The highest BCUT2D eigenvalue weighted by Crippen LogP contribution is 2.27. The molecule has 6 heteroatoms. The minimum Gasteiger partial charge on any atom is -0.321 e. The molecule has 0 radical (unpaired) electrons. The minimum absolute atomic E-state index is 0.497. The molecule has 0 bridgehead atoms. The molecule has 72 valence electrons. The lowest BCUT2D eigenvalue weighted by molar-refractivity contribution is 1.01. The first kappa shape index (κ1) is 10.5. The van der Waals surface area contributed by atoms with Gasteiger partial charge in [-0.05, 0) is 28.4 Å². The van der Waals surface area contributed by atoms with Crippen LogP contribution >= 0.6 is 27.3 Å². The van der Waals surface area contributed by atoms with Crippen molar-refractivity contribution >= 4 is 33.1 Å². The normalized spacial score (nSPS) is 11.8. The van der Waals surface area contributed by atoms with E-state index in [-0.39, 0.29) is 0 Å². The molecule has 0 aromatic carbocycles. The number of rotatable bonds is 2. The molecule has 1 aromatic heterocycles. The number of aryl methyl sites for hydroxylation is 1. The topological polar surface area (TPSA) is 76.4 Å². The Kier molecular flexibility index (Phi) is 3.71. The Balaban J connectivity index is 3.06. The third-order valence-corrected chi connectivity index (χ3v) is 3.74. The number of amidine groups is 1. The number of nitrogens with one attached hydrogen (secondary N) is 1. The molecule has 0 aliphatic carbocycles. The van der Waals surface area contributed by atoms with Crippen LogP contribution in [-0.2, 0) is 6.42 Å². The highest BCUT2D eigenvalue weighted by Gasteiger charge is 2.10. The summed E-state index contributed by atoms with van der Waals surface area (Å²) in [4.78, 5) is 2.19. The molecule has 0 aliphatic rings. The average Bonchev–Trinajstić information content (AvgIpc) is 2.50. The number of hydrazone groups is 1. The summed E-state index contributed by atoms with van der Waals surface area (Å²) in [6, 6.07) is 2.04. The largest absolute Gasteiger partial charge is 0.321 e.